The maximum Gasteiger partial charge on any atom is 0.251 e. The lowest BCUT2D eigenvalue weighted by molar-refractivity contribution is 0.0936. The molecule has 0 saturated heterocycles. The second-order valence-corrected chi connectivity index (χ2v) is 7.21. The number of nitrogens with zero attached hydrogens (tertiary/aromatic N) is 1. The van der Waals surface area contributed by atoms with Crippen molar-refractivity contribution in [1.82, 2.24) is 15.3 Å². The number of benzene rings is 2. The third-order valence-electron chi connectivity index (χ3n) is 4.81. The van der Waals surface area contributed by atoms with Gasteiger partial charge in [-0.05, 0) is 55.8 Å². The lowest BCUT2D eigenvalue weighted by atomic mass is 10.0. The lowest BCUT2D eigenvalue weighted by Gasteiger charge is -2.19. The van der Waals surface area contributed by atoms with E-state index in [-0.39, 0.29) is 23.7 Å². The Bertz CT molecular complexity index is 1280. The zero-order valence-electron chi connectivity index (χ0n) is 16.5. The van der Waals surface area contributed by atoms with Gasteiger partial charge in [-0.25, -0.2) is 9.37 Å². The molecule has 7 heteroatoms. The van der Waals surface area contributed by atoms with Gasteiger partial charge in [0.25, 0.3) is 11.5 Å². The Hall–Kier alpha value is -3.74. The summed E-state index contributed by atoms with van der Waals surface area (Å²) < 4.78 is 19.0. The molecule has 30 heavy (non-hydrogen) atoms. The van der Waals surface area contributed by atoms with Crippen LogP contribution in [-0.2, 0) is 6.42 Å². The molecule has 2 aromatic carbocycles. The van der Waals surface area contributed by atoms with Crippen LogP contribution >= 0.6 is 0 Å². The Morgan fingerprint density at radius 3 is 2.63 bits per heavy atom. The van der Waals surface area contributed by atoms with Gasteiger partial charge in [0.15, 0.2) is 0 Å². The van der Waals surface area contributed by atoms with Crippen LogP contribution in [0.5, 0.6) is 0 Å². The summed E-state index contributed by atoms with van der Waals surface area (Å²) in [4.78, 5) is 31.7. The van der Waals surface area contributed by atoms with Crippen LogP contribution in [-0.4, -0.2) is 15.9 Å². The van der Waals surface area contributed by atoms with Crippen molar-refractivity contribution in [2.75, 3.05) is 0 Å². The number of carbonyl (C=O) groups excluding carboxylic acids is 1. The van der Waals surface area contributed by atoms with Crippen molar-refractivity contribution in [1.29, 1.82) is 0 Å². The van der Waals surface area contributed by atoms with Gasteiger partial charge in [-0.15, -0.1) is 0 Å². The van der Waals surface area contributed by atoms with Gasteiger partial charge in [0.1, 0.15) is 23.0 Å². The van der Waals surface area contributed by atoms with Crippen molar-refractivity contribution in [2.24, 2.45) is 0 Å². The van der Waals surface area contributed by atoms with Crippen LogP contribution in [0.4, 0.5) is 4.39 Å². The molecule has 0 aliphatic heterocycles. The molecule has 0 spiro atoms. The highest BCUT2D eigenvalue weighted by molar-refractivity contribution is 5.98. The van der Waals surface area contributed by atoms with Crippen LogP contribution in [0.2, 0.25) is 0 Å². The van der Waals surface area contributed by atoms with Gasteiger partial charge in [-0.3, -0.25) is 9.59 Å². The van der Waals surface area contributed by atoms with Gasteiger partial charge in [-0.2, -0.15) is 0 Å². The van der Waals surface area contributed by atoms with E-state index in [4.69, 9.17) is 4.42 Å². The number of halogens is 1. The van der Waals surface area contributed by atoms with E-state index in [2.05, 4.69) is 15.3 Å². The maximum absolute atomic E-state index is 13.4. The Morgan fingerprint density at radius 2 is 1.90 bits per heavy atom. The zero-order chi connectivity index (χ0) is 21.3. The predicted octanol–water partition coefficient (Wildman–Crippen LogP) is 3.99. The highest BCUT2D eigenvalue weighted by atomic mass is 19.1. The van der Waals surface area contributed by atoms with Crippen LogP contribution < -0.4 is 10.9 Å². The van der Waals surface area contributed by atoms with Crippen LogP contribution in [0.25, 0.3) is 11.0 Å². The van der Waals surface area contributed by atoms with Gasteiger partial charge in [0.05, 0.1) is 11.7 Å². The minimum absolute atomic E-state index is 0.262. The molecule has 152 valence electrons. The average molecular weight is 405 g/mol. The molecular weight excluding hydrogens is 385 g/mol. The summed E-state index contributed by atoms with van der Waals surface area (Å²) in [5.41, 5.74) is 2.17. The number of fused-ring (bicyclic) bond motifs is 1. The first-order valence-electron chi connectivity index (χ1n) is 9.51. The van der Waals surface area contributed by atoms with Gasteiger partial charge in [0, 0.05) is 23.4 Å². The third-order valence-corrected chi connectivity index (χ3v) is 4.81. The van der Waals surface area contributed by atoms with Crippen molar-refractivity contribution < 1.29 is 13.6 Å². The van der Waals surface area contributed by atoms with Gasteiger partial charge in [-0.1, -0.05) is 12.1 Å². The molecular formula is C23H20FN3O3. The van der Waals surface area contributed by atoms with Crippen molar-refractivity contribution in [2.45, 2.75) is 26.3 Å². The van der Waals surface area contributed by atoms with Crippen molar-refractivity contribution in [3.05, 3.63) is 99.2 Å². The highest BCUT2D eigenvalue weighted by Gasteiger charge is 2.18. The number of hydrogen-bond donors (Lipinski definition) is 2. The summed E-state index contributed by atoms with van der Waals surface area (Å²) in [6.45, 7) is 3.54. The van der Waals surface area contributed by atoms with E-state index >= 15 is 0 Å². The number of carbonyl (C=O) groups is 1. The molecule has 0 aliphatic rings. The summed E-state index contributed by atoms with van der Waals surface area (Å²) in [5.74, 6) is 0.603. The third kappa shape index (κ3) is 4.30. The number of hydrogen-bond acceptors (Lipinski definition) is 4. The van der Waals surface area contributed by atoms with E-state index in [1.54, 1.807) is 37.3 Å². The molecule has 6 nitrogen and oxygen atoms in total. The van der Waals surface area contributed by atoms with Crippen molar-refractivity contribution >= 4 is 16.9 Å². The van der Waals surface area contributed by atoms with E-state index < -0.39 is 6.04 Å². The van der Waals surface area contributed by atoms with Crippen molar-refractivity contribution in [3.8, 4) is 0 Å². The summed E-state index contributed by atoms with van der Waals surface area (Å²) >= 11 is 0. The number of amides is 1. The molecule has 1 atom stereocenters. The maximum atomic E-state index is 13.4. The lowest BCUT2D eigenvalue weighted by Crippen LogP contribution is -2.30. The molecule has 0 bridgehead atoms. The minimum Gasteiger partial charge on any atom is -0.461 e. The number of nitrogens with one attached hydrogen (secondary N) is 2. The Labute approximate surface area is 171 Å². The number of aromatic nitrogens is 2. The number of aromatic amines is 1. The number of rotatable bonds is 5. The largest absolute Gasteiger partial charge is 0.461 e. The van der Waals surface area contributed by atoms with Gasteiger partial charge < -0.3 is 14.7 Å². The molecule has 2 aromatic heterocycles. The Morgan fingerprint density at radius 1 is 1.13 bits per heavy atom. The van der Waals surface area contributed by atoms with Gasteiger partial charge >= 0.3 is 0 Å². The fourth-order valence-corrected chi connectivity index (χ4v) is 3.46. The van der Waals surface area contributed by atoms with Crippen LogP contribution in [0.15, 0.2) is 63.8 Å². The monoisotopic (exact) mass is 405 g/mol. The van der Waals surface area contributed by atoms with Crippen LogP contribution in [0.1, 0.15) is 39.2 Å². The van der Waals surface area contributed by atoms with E-state index in [1.165, 1.54) is 18.2 Å². The number of furan rings is 1. The molecule has 2 N–H and O–H groups in total. The van der Waals surface area contributed by atoms with E-state index in [9.17, 15) is 14.0 Å². The Kier molecular flexibility index (Phi) is 5.18. The van der Waals surface area contributed by atoms with E-state index in [1.807, 2.05) is 13.0 Å². The minimum atomic E-state index is -0.492. The van der Waals surface area contributed by atoms with Gasteiger partial charge in [0.2, 0.25) is 0 Å². The fraction of sp³-hybridized carbons (Fsp3) is 0.174. The second-order valence-electron chi connectivity index (χ2n) is 7.21. The smallest absolute Gasteiger partial charge is 0.251 e. The SMILES string of the molecule is Cc1nc(CC(NC(=O)c2ccc3oc(C)cc3c2)c2ccc(F)cc2)cc(=O)[nH]1. The van der Waals surface area contributed by atoms with Crippen LogP contribution in [0.3, 0.4) is 0 Å². The highest BCUT2D eigenvalue weighted by Crippen LogP contribution is 2.22. The number of aryl methyl sites for hydroxylation is 2. The molecule has 0 aliphatic carbocycles. The van der Waals surface area contributed by atoms with E-state index in [0.29, 0.717) is 28.2 Å². The summed E-state index contributed by atoms with van der Waals surface area (Å²) in [5, 5.41) is 3.82. The quantitative estimate of drug-likeness (QED) is 0.526. The van der Waals surface area contributed by atoms with E-state index in [0.717, 1.165) is 11.1 Å². The fourth-order valence-electron chi connectivity index (χ4n) is 3.46. The molecule has 4 rings (SSSR count). The molecule has 4 aromatic rings. The summed E-state index contributed by atoms with van der Waals surface area (Å²) in [6, 6.07) is 13.9. The molecule has 0 fully saturated rings. The van der Waals surface area contributed by atoms with Crippen LogP contribution in [0, 0.1) is 19.7 Å². The summed E-state index contributed by atoms with van der Waals surface area (Å²) in [6.07, 6.45) is 0.287. The van der Waals surface area contributed by atoms with Crippen molar-refractivity contribution in [3.63, 3.8) is 0 Å². The topological polar surface area (TPSA) is 88.0 Å². The predicted molar refractivity (Wildman–Crippen MR) is 111 cm³/mol. The zero-order valence-corrected chi connectivity index (χ0v) is 16.5. The average Bonchev–Trinajstić information content (AvgIpc) is 3.06. The molecule has 0 saturated carbocycles. The molecule has 0 radical (unpaired) electrons. The first kappa shape index (κ1) is 19.6. The number of H-pyrrole nitrogens is 1. The Balaban J connectivity index is 1.64. The summed E-state index contributed by atoms with van der Waals surface area (Å²) in [7, 11) is 0. The second kappa shape index (κ2) is 7.94. The molecule has 1 amide bonds. The first-order chi connectivity index (χ1) is 14.4. The normalized spacial score (nSPS) is 12.1. The first-order valence-corrected chi connectivity index (χ1v) is 9.51. The standard InChI is InChI=1S/C23H20FN3O3/c1-13-9-17-10-16(5-8-21(17)30-13)23(29)27-20(15-3-6-18(24)7-4-15)11-19-12-22(28)26-14(2)25-19/h3-10,12,20H,11H2,1-2H3,(H,27,29)(H,25,26,28). The molecule has 2 heterocycles. The molecule has 1 unspecified atom stereocenters.